The summed E-state index contributed by atoms with van der Waals surface area (Å²) in [5.41, 5.74) is 1.28. The van der Waals surface area contributed by atoms with Crippen molar-refractivity contribution in [1.29, 1.82) is 0 Å². The minimum absolute atomic E-state index is 0.124. The van der Waals surface area contributed by atoms with Crippen molar-refractivity contribution in [3.8, 4) is 11.5 Å². The van der Waals surface area contributed by atoms with Gasteiger partial charge in [0, 0.05) is 12.1 Å². The summed E-state index contributed by atoms with van der Waals surface area (Å²) in [6, 6.07) is 12.3. The van der Waals surface area contributed by atoms with Crippen LogP contribution >= 0.6 is 11.6 Å². The van der Waals surface area contributed by atoms with Crippen molar-refractivity contribution in [2.45, 2.75) is 0 Å². The fraction of sp³-hybridized carbons (Fsp3) is 0.118. The number of fused-ring (bicyclic) bond motifs is 1. The van der Waals surface area contributed by atoms with Gasteiger partial charge in [-0.2, -0.15) is 0 Å². The van der Waals surface area contributed by atoms with Gasteiger partial charge in [-0.05, 0) is 42.0 Å². The highest BCUT2D eigenvalue weighted by Crippen LogP contribution is 2.34. The van der Waals surface area contributed by atoms with E-state index in [4.69, 9.17) is 25.8 Å². The minimum atomic E-state index is -0.183. The number of halogens is 1. The van der Waals surface area contributed by atoms with Crippen LogP contribution in [-0.2, 0) is 4.74 Å². The molecule has 2 aromatic rings. The highest BCUT2D eigenvalue weighted by atomic mass is 35.5. The Balaban J connectivity index is 1.87. The van der Waals surface area contributed by atoms with Crippen LogP contribution in [0, 0.1) is 0 Å². The highest BCUT2D eigenvalue weighted by molar-refractivity contribution is 6.30. The van der Waals surface area contributed by atoms with Crippen LogP contribution in [0.3, 0.4) is 0 Å². The van der Waals surface area contributed by atoms with Crippen molar-refractivity contribution >= 4 is 23.5 Å². The molecule has 0 aromatic heterocycles. The molecule has 3 rings (SSSR count). The van der Waals surface area contributed by atoms with Gasteiger partial charge in [-0.25, -0.2) is 0 Å². The molecule has 0 amide bonds. The van der Waals surface area contributed by atoms with Crippen LogP contribution < -0.4 is 9.47 Å². The third kappa shape index (κ3) is 2.98. The molecule has 0 bridgehead atoms. The Hall–Kier alpha value is -2.30. The molecule has 0 saturated carbocycles. The molecule has 1 aliphatic rings. The first-order chi connectivity index (χ1) is 10.7. The lowest BCUT2D eigenvalue weighted by molar-refractivity contribution is 0.0510. The fourth-order valence-corrected chi connectivity index (χ4v) is 2.33. The predicted octanol–water partition coefficient (Wildman–Crippen LogP) is 3.94. The summed E-state index contributed by atoms with van der Waals surface area (Å²) in [6.45, 7) is 0.124. The zero-order chi connectivity index (χ0) is 15.5. The molecule has 0 atom stereocenters. The maximum Gasteiger partial charge on any atom is 0.232 e. The van der Waals surface area contributed by atoms with E-state index in [1.807, 2.05) is 12.1 Å². The van der Waals surface area contributed by atoms with Gasteiger partial charge in [0.2, 0.25) is 5.78 Å². The van der Waals surface area contributed by atoms with Crippen LogP contribution in [0.4, 0.5) is 0 Å². The van der Waals surface area contributed by atoms with Gasteiger partial charge >= 0.3 is 0 Å². The number of carbonyl (C=O) groups is 1. The van der Waals surface area contributed by atoms with Crippen molar-refractivity contribution in [3.05, 3.63) is 64.4 Å². The predicted molar refractivity (Wildman–Crippen MR) is 83.3 cm³/mol. The van der Waals surface area contributed by atoms with E-state index in [0.717, 1.165) is 5.56 Å². The molecule has 22 heavy (non-hydrogen) atoms. The van der Waals surface area contributed by atoms with Crippen LogP contribution in [0.5, 0.6) is 11.5 Å². The lowest BCUT2D eigenvalue weighted by Crippen LogP contribution is -2.00. The second-order valence-electron chi connectivity index (χ2n) is 4.70. The molecular formula is C17H13ClO4. The lowest BCUT2D eigenvalue weighted by Gasteiger charge is -2.04. The van der Waals surface area contributed by atoms with Crippen LogP contribution in [-0.4, -0.2) is 19.7 Å². The lowest BCUT2D eigenvalue weighted by atomic mass is 10.1. The third-order valence-corrected chi connectivity index (χ3v) is 3.36. The Morgan fingerprint density at radius 1 is 1.23 bits per heavy atom. The molecule has 4 nitrogen and oxygen atoms in total. The van der Waals surface area contributed by atoms with E-state index in [2.05, 4.69) is 0 Å². The molecular weight excluding hydrogens is 304 g/mol. The van der Waals surface area contributed by atoms with Gasteiger partial charge in [0.05, 0.1) is 5.56 Å². The largest absolute Gasteiger partial charge is 0.468 e. The van der Waals surface area contributed by atoms with E-state index in [9.17, 15) is 4.79 Å². The second-order valence-corrected chi connectivity index (χ2v) is 5.14. The van der Waals surface area contributed by atoms with Crippen molar-refractivity contribution < 1.29 is 19.0 Å². The van der Waals surface area contributed by atoms with Crippen molar-refractivity contribution in [2.75, 3.05) is 13.9 Å². The number of benzene rings is 2. The van der Waals surface area contributed by atoms with Crippen molar-refractivity contribution in [3.63, 3.8) is 0 Å². The third-order valence-electron chi connectivity index (χ3n) is 3.13. The van der Waals surface area contributed by atoms with Crippen molar-refractivity contribution in [1.82, 2.24) is 0 Å². The number of Topliss-reactive ketones (excluding diaryl/α,β-unsaturated/α-hetero) is 1. The first kappa shape index (κ1) is 14.6. The molecule has 0 spiro atoms. The Morgan fingerprint density at radius 3 is 2.86 bits per heavy atom. The van der Waals surface area contributed by atoms with E-state index in [1.165, 1.54) is 7.11 Å². The average Bonchev–Trinajstić information content (AvgIpc) is 2.81. The molecule has 112 valence electrons. The first-order valence-corrected chi connectivity index (χ1v) is 7.01. The first-order valence-electron chi connectivity index (χ1n) is 6.63. The average molecular weight is 317 g/mol. The van der Waals surface area contributed by atoms with Crippen LogP contribution in [0.25, 0.3) is 6.08 Å². The number of ether oxygens (including phenoxy) is 3. The number of allylic oxidation sites excluding steroid dienone is 1. The quantitative estimate of drug-likeness (QED) is 0.633. The molecule has 0 saturated heterocycles. The molecule has 5 heteroatoms. The van der Waals surface area contributed by atoms with E-state index in [-0.39, 0.29) is 18.3 Å². The second kappa shape index (κ2) is 6.22. The smallest absolute Gasteiger partial charge is 0.232 e. The number of carbonyl (C=O) groups excluding carboxylic acids is 1. The number of methoxy groups -OCH3 is 1. The minimum Gasteiger partial charge on any atom is -0.468 e. The Kier molecular flexibility index (Phi) is 4.13. The van der Waals surface area contributed by atoms with Gasteiger partial charge in [-0.3, -0.25) is 4.79 Å². The van der Waals surface area contributed by atoms with E-state index in [1.54, 1.807) is 36.4 Å². The monoisotopic (exact) mass is 316 g/mol. The summed E-state index contributed by atoms with van der Waals surface area (Å²) >= 11 is 5.94. The zero-order valence-electron chi connectivity index (χ0n) is 11.8. The van der Waals surface area contributed by atoms with E-state index in [0.29, 0.717) is 22.1 Å². The van der Waals surface area contributed by atoms with Gasteiger partial charge in [0.15, 0.2) is 12.6 Å². The number of hydrogen-bond acceptors (Lipinski definition) is 4. The molecule has 0 N–H and O–H groups in total. The SMILES string of the molecule is COCOc1ccc2c(c1)C(=O)/C(=C/c1cccc(Cl)c1)O2. The molecule has 1 aliphatic heterocycles. The summed E-state index contributed by atoms with van der Waals surface area (Å²) in [5.74, 6) is 1.16. The Morgan fingerprint density at radius 2 is 2.09 bits per heavy atom. The standard InChI is InChI=1S/C17H13ClO4/c1-20-10-21-13-5-6-15-14(9-13)17(19)16(22-15)8-11-3-2-4-12(18)7-11/h2-9H,10H2,1H3/b16-8-. The summed E-state index contributed by atoms with van der Waals surface area (Å²) < 4.78 is 15.8. The zero-order valence-corrected chi connectivity index (χ0v) is 12.6. The highest BCUT2D eigenvalue weighted by Gasteiger charge is 2.27. The fourth-order valence-electron chi connectivity index (χ4n) is 2.13. The summed E-state index contributed by atoms with van der Waals surface area (Å²) in [4.78, 5) is 12.4. The number of hydrogen-bond donors (Lipinski definition) is 0. The van der Waals surface area contributed by atoms with Crippen LogP contribution in [0.15, 0.2) is 48.2 Å². The Labute approximate surface area is 132 Å². The van der Waals surface area contributed by atoms with Crippen molar-refractivity contribution in [2.24, 2.45) is 0 Å². The molecule has 1 heterocycles. The van der Waals surface area contributed by atoms with Gasteiger partial charge in [0.25, 0.3) is 0 Å². The van der Waals surface area contributed by atoms with E-state index < -0.39 is 0 Å². The summed E-state index contributed by atoms with van der Waals surface area (Å²) in [5, 5.41) is 0.604. The summed E-state index contributed by atoms with van der Waals surface area (Å²) in [7, 11) is 1.54. The molecule has 0 aliphatic carbocycles. The van der Waals surface area contributed by atoms with Gasteiger partial charge in [-0.15, -0.1) is 0 Å². The Bertz CT molecular complexity index is 752. The van der Waals surface area contributed by atoms with Gasteiger partial charge < -0.3 is 14.2 Å². The molecule has 2 aromatic carbocycles. The van der Waals surface area contributed by atoms with Crippen LogP contribution in [0.2, 0.25) is 5.02 Å². The van der Waals surface area contributed by atoms with E-state index >= 15 is 0 Å². The number of ketones is 1. The topological polar surface area (TPSA) is 44.8 Å². The molecule has 0 radical (unpaired) electrons. The van der Waals surface area contributed by atoms with Gasteiger partial charge in [0.1, 0.15) is 11.5 Å². The molecule has 0 fully saturated rings. The van der Waals surface area contributed by atoms with Gasteiger partial charge in [-0.1, -0.05) is 23.7 Å². The summed E-state index contributed by atoms with van der Waals surface area (Å²) in [6.07, 6.45) is 1.67. The number of rotatable bonds is 4. The normalized spacial score (nSPS) is 14.8. The van der Waals surface area contributed by atoms with Crippen LogP contribution in [0.1, 0.15) is 15.9 Å². The maximum absolute atomic E-state index is 12.4. The molecule has 0 unspecified atom stereocenters. The maximum atomic E-state index is 12.4.